The molecule has 1 saturated carbocycles. The molecule has 0 unspecified atom stereocenters. The van der Waals surface area contributed by atoms with Gasteiger partial charge in [0.2, 0.25) is 6.54 Å². The zero-order chi connectivity index (χ0) is 14.7. The van der Waals surface area contributed by atoms with Crippen molar-refractivity contribution < 1.29 is 14.5 Å². The average Bonchev–Trinajstić information content (AvgIpc) is 2.38. The molecule has 0 aromatic heterocycles. The molecule has 20 heavy (non-hydrogen) atoms. The van der Waals surface area contributed by atoms with E-state index in [0.717, 1.165) is 0 Å². The van der Waals surface area contributed by atoms with Crippen LogP contribution in [0.1, 0.15) is 30.1 Å². The molecule has 5 heteroatoms. The minimum atomic E-state index is -0.492. The van der Waals surface area contributed by atoms with Crippen LogP contribution in [0.2, 0.25) is 0 Å². The van der Waals surface area contributed by atoms with Crippen molar-refractivity contribution in [2.75, 3.05) is 6.54 Å². The van der Waals surface area contributed by atoms with Crippen molar-refractivity contribution in [1.29, 1.82) is 0 Å². The summed E-state index contributed by atoms with van der Waals surface area (Å²) in [7, 11) is 0. The molecular formula is C15H17NO4. The van der Waals surface area contributed by atoms with Crippen molar-refractivity contribution in [3.8, 4) is 0 Å². The van der Waals surface area contributed by atoms with E-state index in [1.807, 2.05) is 13.0 Å². The molecule has 0 spiro atoms. The van der Waals surface area contributed by atoms with Gasteiger partial charge in [-0.15, -0.1) is 0 Å². The molecule has 2 rings (SSSR count). The van der Waals surface area contributed by atoms with E-state index in [2.05, 4.69) is 0 Å². The summed E-state index contributed by atoms with van der Waals surface area (Å²) in [5.74, 6) is -1.15. The number of benzene rings is 1. The predicted octanol–water partition coefficient (Wildman–Crippen LogP) is 2.38. The quantitative estimate of drug-likeness (QED) is 0.480. The number of ketones is 2. The van der Waals surface area contributed by atoms with E-state index in [-0.39, 0.29) is 30.4 Å². The Bertz CT molecular complexity index is 524. The fraction of sp³-hybridized carbons (Fsp3) is 0.467. The third kappa shape index (κ3) is 3.10. The van der Waals surface area contributed by atoms with E-state index in [4.69, 9.17) is 0 Å². The second kappa shape index (κ2) is 5.94. The van der Waals surface area contributed by atoms with Crippen LogP contribution in [0.4, 0.5) is 0 Å². The Morgan fingerprint density at radius 2 is 1.95 bits per heavy atom. The average molecular weight is 275 g/mol. The Morgan fingerprint density at radius 1 is 1.30 bits per heavy atom. The Morgan fingerprint density at radius 3 is 2.55 bits per heavy atom. The summed E-state index contributed by atoms with van der Waals surface area (Å²) in [6.07, 6.45) is 0.464. The van der Waals surface area contributed by atoms with Gasteiger partial charge in [-0.1, -0.05) is 37.3 Å². The standard InChI is InChI=1S/C15H17NO4/c1-10-7-13(17)8-12(9-16(19)20)14(10)15(18)11-5-3-2-4-6-11/h2-6,10,12,14H,7-9H2,1H3/t10-,12-,14+/m0/s1. The second-order valence-electron chi connectivity index (χ2n) is 5.46. The molecule has 1 aliphatic rings. The minimum Gasteiger partial charge on any atom is -0.300 e. The summed E-state index contributed by atoms with van der Waals surface area (Å²) in [6.45, 7) is 1.51. The van der Waals surface area contributed by atoms with E-state index in [9.17, 15) is 19.7 Å². The number of hydrogen-bond donors (Lipinski definition) is 0. The summed E-state index contributed by atoms with van der Waals surface area (Å²) in [5, 5.41) is 10.8. The third-order valence-electron chi connectivity index (χ3n) is 3.91. The molecular weight excluding hydrogens is 258 g/mol. The first-order chi connectivity index (χ1) is 9.49. The van der Waals surface area contributed by atoms with Crippen LogP contribution < -0.4 is 0 Å². The highest BCUT2D eigenvalue weighted by molar-refractivity contribution is 5.99. The number of hydrogen-bond acceptors (Lipinski definition) is 4. The Hall–Kier alpha value is -2.04. The topological polar surface area (TPSA) is 77.3 Å². The highest BCUT2D eigenvalue weighted by atomic mass is 16.6. The van der Waals surface area contributed by atoms with E-state index >= 15 is 0 Å². The number of nitrogens with zero attached hydrogens (tertiary/aromatic N) is 1. The lowest BCUT2D eigenvalue weighted by Gasteiger charge is -2.32. The summed E-state index contributed by atoms with van der Waals surface area (Å²) in [6, 6.07) is 8.80. The molecule has 0 saturated heterocycles. The molecule has 0 radical (unpaired) electrons. The van der Waals surface area contributed by atoms with E-state index in [0.29, 0.717) is 12.0 Å². The second-order valence-corrected chi connectivity index (χ2v) is 5.46. The van der Waals surface area contributed by atoms with Gasteiger partial charge in [-0.2, -0.15) is 0 Å². The molecule has 0 bridgehead atoms. The lowest BCUT2D eigenvalue weighted by Crippen LogP contribution is -2.40. The third-order valence-corrected chi connectivity index (χ3v) is 3.91. The Kier molecular flexibility index (Phi) is 4.27. The van der Waals surface area contributed by atoms with Crippen LogP contribution >= 0.6 is 0 Å². The largest absolute Gasteiger partial charge is 0.300 e. The highest BCUT2D eigenvalue weighted by Crippen LogP contribution is 2.35. The first-order valence-corrected chi connectivity index (χ1v) is 6.71. The minimum absolute atomic E-state index is 0.0152. The van der Waals surface area contributed by atoms with Crippen molar-refractivity contribution in [2.45, 2.75) is 19.8 Å². The SMILES string of the molecule is C[C@H]1CC(=O)C[C@@H](C[N+](=O)[O-])[C@@H]1C(=O)c1ccccc1. The maximum absolute atomic E-state index is 12.6. The van der Waals surface area contributed by atoms with E-state index in [1.54, 1.807) is 24.3 Å². The molecule has 3 atom stereocenters. The fourth-order valence-electron chi connectivity index (χ4n) is 3.09. The normalized spacial score (nSPS) is 26.2. The van der Waals surface area contributed by atoms with Crippen LogP contribution in [0.3, 0.4) is 0 Å². The molecule has 1 aliphatic carbocycles. The van der Waals surface area contributed by atoms with Crippen molar-refractivity contribution in [2.24, 2.45) is 17.8 Å². The number of carbonyl (C=O) groups excluding carboxylic acids is 2. The van der Waals surface area contributed by atoms with E-state index < -0.39 is 16.8 Å². The van der Waals surface area contributed by atoms with Gasteiger partial charge in [0.15, 0.2) is 5.78 Å². The molecule has 1 aromatic carbocycles. The zero-order valence-electron chi connectivity index (χ0n) is 11.3. The fourth-order valence-corrected chi connectivity index (χ4v) is 3.09. The van der Waals surface area contributed by atoms with Gasteiger partial charge in [0.1, 0.15) is 5.78 Å². The van der Waals surface area contributed by atoms with Gasteiger partial charge in [0.05, 0.1) is 0 Å². The molecule has 106 valence electrons. The number of carbonyl (C=O) groups is 2. The van der Waals surface area contributed by atoms with Crippen molar-refractivity contribution in [3.63, 3.8) is 0 Å². The van der Waals surface area contributed by atoms with Crippen LogP contribution in [0.5, 0.6) is 0 Å². The molecule has 0 aliphatic heterocycles. The summed E-state index contributed by atoms with van der Waals surface area (Å²) >= 11 is 0. The van der Waals surface area contributed by atoms with Gasteiger partial charge >= 0.3 is 0 Å². The first kappa shape index (κ1) is 14.4. The van der Waals surface area contributed by atoms with Crippen molar-refractivity contribution in [3.05, 3.63) is 46.0 Å². The van der Waals surface area contributed by atoms with Gasteiger partial charge in [-0.05, 0) is 5.92 Å². The molecule has 0 heterocycles. The van der Waals surface area contributed by atoms with Crippen LogP contribution in [0.25, 0.3) is 0 Å². The Balaban J connectivity index is 2.27. The van der Waals surface area contributed by atoms with Gasteiger partial charge in [-0.3, -0.25) is 19.7 Å². The number of rotatable bonds is 4. The Labute approximate surface area is 117 Å². The van der Waals surface area contributed by atoms with Crippen LogP contribution in [-0.4, -0.2) is 23.0 Å². The predicted molar refractivity (Wildman–Crippen MR) is 73.0 cm³/mol. The smallest absolute Gasteiger partial charge is 0.207 e. The molecule has 0 N–H and O–H groups in total. The maximum Gasteiger partial charge on any atom is 0.207 e. The highest BCUT2D eigenvalue weighted by Gasteiger charge is 2.41. The van der Waals surface area contributed by atoms with Gasteiger partial charge < -0.3 is 0 Å². The molecule has 0 amide bonds. The van der Waals surface area contributed by atoms with E-state index in [1.165, 1.54) is 0 Å². The maximum atomic E-state index is 12.6. The first-order valence-electron chi connectivity index (χ1n) is 6.71. The van der Waals surface area contributed by atoms with Gasteiger partial charge in [0.25, 0.3) is 0 Å². The lowest BCUT2D eigenvalue weighted by atomic mass is 9.69. The number of nitro groups is 1. The van der Waals surface area contributed by atoms with Gasteiger partial charge in [-0.25, -0.2) is 0 Å². The van der Waals surface area contributed by atoms with Crippen LogP contribution in [0, 0.1) is 27.9 Å². The lowest BCUT2D eigenvalue weighted by molar-refractivity contribution is -0.489. The molecule has 1 aromatic rings. The van der Waals surface area contributed by atoms with Crippen LogP contribution in [0.15, 0.2) is 30.3 Å². The zero-order valence-corrected chi connectivity index (χ0v) is 11.3. The molecule has 5 nitrogen and oxygen atoms in total. The molecule has 1 fully saturated rings. The van der Waals surface area contributed by atoms with Crippen molar-refractivity contribution >= 4 is 11.6 Å². The summed E-state index contributed by atoms with van der Waals surface area (Å²) < 4.78 is 0. The van der Waals surface area contributed by atoms with Crippen molar-refractivity contribution in [1.82, 2.24) is 0 Å². The number of Topliss-reactive ketones (excluding diaryl/α,β-unsaturated/α-hetero) is 2. The van der Waals surface area contributed by atoms with Gasteiger partial charge in [0, 0.05) is 35.2 Å². The summed E-state index contributed by atoms with van der Waals surface area (Å²) in [4.78, 5) is 34.6. The monoisotopic (exact) mass is 275 g/mol. The summed E-state index contributed by atoms with van der Waals surface area (Å²) in [5.41, 5.74) is 0.562. The van der Waals surface area contributed by atoms with Crippen LogP contribution in [-0.2, 0) is 4.79 Å².